The molecule has 2 heterocycles. The molecule has 20 saturated carbocycles. The van der Waals surface area contributed by atoms with Crippen LogP contribution in [0.25, 0.3) is 0 Å². The Kier molecular flexibility index (Phi) is 29.2. The first kappa shape index (κ1) is 99.9. The van der Waals surface area contributed by atoms with Gasteiger partial charge in [-0.15, -0.1) is 0 Å². The minimum atomic E-state index is -0.649. The summed E-state index contributed by atoms with van der Waals surface area (Å²) >= 11 is 3.62. The van der Waals surface area contributed by atoms with Crippen molar-refractivity contribution in [1.29, 1.82) is 0 Å². The van der Waals surface area contributed by atoms with Gasteiger partial charge < -0.3 is 35.4 Å². The third-order valence-corrected chi connectivity index (χ3v) is 47.8. The molecule has 0 aromatic rings. The third-order valence-electron chi connectivity index (χ3n) is 47.1. The number of aliphatic hydroxyl groups excluding tert-OH is 1. The molecule has 22 aliphatic rings. The normalized spacial score (nSPS) is 51.8. The van der Waals surface area contributed by atoms with Crippen molar-refractivity contribution in [1.82, 2.24) is 9.80 Å². The van der Waals surface area contributed by atoms with E-state index < -0.39 is 22.4 Å². The maximum absolute atomic E-state index is 13.0. The van der Waals surface area contributed by atoms with Crippen LogP contribution in [0, 0.1) is 205 Å². The Hall–Kier alpha value is -2.17. The number of carbonyl (C=O) groups is 3. The van der Waals surface area contributed by atoms with Crippen molar-refractivity contribution in [3.63, 3.8) is 0 Å². The molecule has 0 amide bonds. The summed E-state index contributed by atoms with van der Waals surface area (Å²) in [7, 11) is 0. The van der Waals surface area contributed by atoms with Crippen LogP contribution in [0.2, 0.25) is 0 Å². The molecule has 22 fully saturated rings. The first-order chi connectivity index (χ1) is 62.5. The van der Waals surface area contributed by atoms with Crippen LogP contribution in [0.15, 0.2) is 60.8 Å². The highest BCUT2D eigenvalue weighted by Gasteiger charge is 2.66. The van der Waals surface area contributed by atoms with Crippen LogP contribution in [0.4, 0.5) is 0 Å². The molecular weight excluding hydrogens is 1700 g/mol. The van der Waals surface area contributed by atoms with Crippen LogP contribution in [0.5, 0.6) is 0 Å². The summed E-state index contributed by atoms with van der Waals surface area (Å²) in [5.74, 6) is 21.3. The highest BCUT2D eigenvalue weighted by molar-refractivity contribution is 9.09. The number of rotatable bonds is 11. The second-order valence-electron chi connectivity index (χ2n) is 54.6. The number of nitrogens with zero attached hydrogens (tertiary/aromatic N) is 2. The monoisotopic (exact) mass is 1890 g/mol. The number of allylic oxidation sites excluding steroid dienone is 2. The number of fused-ring (bicyclic) bond motifs is 25. The van der Waals surface area contributed by atoms with Gasteiger partial charge in [-0.05, 0) is 510 Å². The lowest BCUT2D eigenvalue weighted by molar-refractivity contribution is -0.149. The maximum atomic E-state index is 13.0. The molecule has 132 heavy (non-hydrogen) atoms. The summed E-state index contributed by atoms with van der Waals surface area (Å²) in [6.45, 7) is 55.7. The van der Waals surface area contributed by atoms with Gasteiger partial charge in [-0.25, -0.2) is 0 Å². The molecule has 40 atom stereocenters. The van der Waals surface area contributed by atoms with E-state index in [2.05, 4.69) is 114 Å². The van der Waals surface area contributed by atoms with Gasteiger partial charge in [0.25, 0.3) is 0 Å². The van der Waals surface area contributed by atoms with Crippen LogP contribution in [-0.4, -0.2) is 150 Å². The minimum Gasteiger partial charge on any atom is -0.392 e. The Balaban J connectivity index is 0.000000111. The van der Waals surface area contributed by atoms with Crippen molar-refractivity contribution >= 4 is 33.3 Å². The second kappa shape index (κ2) is 38.5. The standard InChI is InChI=1S/C27H45NO.C26H43NO2.C22H33BrO2.C22H34O3.C22H34O2/c1-19(18-28-15-5-4-6-16-28)24-9-10-25-23-8-7-20-17-26(2,29)13-11-21(20)22(23)12-14-27(24,25)3;1-18(17-27-12-14-29-15-13-27)23-6-7-24-22-5-4-19-16-25(2,28)10-8-20(19)21(22)9-11-26(23,24)3;2*1-13(12-23)18-4-5-19-16-10-20(24)17-11-21(2,25)8-6-15(17)14(16)7-9-22(18,19)3;1-13(2)18-5-6-19-16-11-20(23)17-12-21(3,24)9-7-15(17)14(16)8-10-22(18,19)4/h20-25,29H,1,4-18H2,2-3H3;19-24,28H,1,4-17H2,2-3H3;14-19,25H,1,4-12H2,2-3H3;14-19,23,25H,1,4-12H2,2-3H3;14-19,24H,1,5-12H2,2-4H3/t20-,21+,22-,23-,24-,25+,26+,27-;19-,20+,21-,22-,23-,24+,25+,26-;3*14-,15-,16-,17-,18-,19+,21+,22-/m11111/s1. The lowest BCUT2D eigenvalue weighted by Gasteiger charge is -2.57. The van der Waals surface area contributed by atoms with E-state index in [-0.39, 0.29) is 35.4 Å². The number of ether oxygens (including phenoxy) is 1. The summed E-state index contributed by atoms with van der Waals surface area (Å²) in [5, 5.41) is 63.1. The molecular formula is C119H189BrN2O10. The predicted molar refractivity (Wildman–Crippen MR) is 537 cm³/mol. The van der Waals surface area contributed by atoms with E-state index in [9.17, 15) is 45.0 Å². The van der Waals surface area contributed by atoms with Gasteiger partial charge in [-0.1, -0.05) is 112 Å². The number of aliphatic hydroxyl groups is 6. The average molecular weight is 1890 g/mol. The second-order valence-corrected chi connectivity index (χ2v) is 55.1. The smallest absolute Gasteiger partial charge is 0.136 e. The first-order valence-electron chi connectivity index (χ1n) is 56.3. The van der Waals surface area contributed by atoms with E-state index in [0.29, 0.717) is 141 Å². The molecule has 22 rings (SSSR count). The Morgan fingerprint density at radius 1 is 0.318 bits per heavy atom. The number of likely N-dealkylation sites (tertiary alicyclic amines) is 1. The number of piperidine rings is 1. The Labute approximate surface area is 810 Å². The highest BCUT2D eigenvalue weighted by atomic mass is 79.9. The van der Waals surface area contributed by atoms with E-state index in [1.165, 1.54) is 216 Å². The zero-order chi connectivity index (χ0) is 93.7. The molecule has 13 heteroatoms. The van der Waals surface area contributed by atoms with Crippen LogP contribution < -0.4 is 0 Å². The van der Waals surface area contributed by atoms with Crippen molar-refractivity contribution in [2.24, 2.45) is 205 Å². The molecule has 0 radical (unpaired) electrons. The molecule has 6 N–H and O–H groups in total. The van der Waals surface area contributed by atoms with Crippen LogP contribution in [0.3, 0.4) is 0 Å². The first-order valence-corrected chi connectivity index (χ1v) is 57.4. The predicted octanol–water partition coefficient (Wildman–Crippen LogP) is 24.6. The molecule has 2 saturated heterocycles. The van der Waals surface area contributed by atoms with E-state index >= 15 is 0 Å². The van der Waals surface area contributed by atoms with Gasteiger partial charge in [0.15, 0.2) is 0 Å². The van der Waals surface area contributed by atoms with Gasteiger partial charge in [-0.3, -0.25) is 24.2 Å². The molecule has 20 aliphatic carbocycles. The molecule has 742 valence electrons. The number of halogens is 1. The van der Waals surface area contributed by atoms with Crippen molar-refractivity contribution in [3.05, 3.63) is 60.8 Å². The molecule has 0 spiro atoms. The maximum Gasteiger partial charge on any atom is 0.136 e. The van der Waals surface area contributed by atoms with Crippen LogP contribution in [0.1, 0.15) is 365 Å². The zero-order valence-corrected chi connectivity index (χ0v) is 86.9. The van der Waals surface area contributed by atoms with Gasteiger partial charge in [0.2, 0.25) is 0 Å². The SMILES string of the molecule is C=C(C)[C@H]1CC[C@H]2[C@@H]3CC(=O)[C@@H]4C[C@@](C)(O)CC[C@@H]4[C@H]3CC[C@]12C.C=C(CBr)[C@H]1CC[C@H]2[C@@H]3CC(=O)[C@@H]4C[C@@](C)(O)CC[C@@H]4[C@H]3CC[C@]12C.C=C(CN1CCCCC1)[C@H]1CC[C@H]2[C@@H]3CC[C@@H]4C[C@@](C)(O)CC[C@@H]4[C@H]3CC[C@]12C.C=C(CN1CCOCC1)[C@H]1CC[C@H]2[C@@H]3CC[C@@H]4C[C@@](C)(O)CC[C@@H]4[C@H]3CC[C@]12C.C=C(CO)[C@H]1CC[C@H]2[C@@H]3CC(=O)[C@@H]4C[C@@](C)(O)CC[C@@H]4[C@H]3CC[C@]12C. The van der Waals surface area contributed by atoms with E-state index in [1.807, 2.05) is 20.8 Å². The van der Waals surface area contributed by atoms with E-state index in [4.69, 9.17) is 4.74 Å². The minimum absolute atomic E-state index is 0.0963. The topological polar surface area (TPSA) is 188 Å². The van der Waals surface area contributed by atoms with Crippen molar-refractivity contribution in [3.8, 4) is 0 Å². The Bertz CT molecular complexity index is 3970. The van der Waals surface area contributed by atoms with Crippen molar-refractivity contribution in [2.75, 3.05) is 64.4 Å². The Morgan fingerprint density at radius 3 is 0.932 bits per heavy atom. The van der Waals surface area contributed by atoms with Gasteiger partial charge in [0.05, 0.1) is 47.8 Å². The fourth-order valence-corrected chi connectivity index (χ4v) is 41.3. The zero-order valence-electron chi connectivity index (χ0n) is 85.3. The van der Waals surface area contributed by atoms with E-state index in [1.54, 1.807) is 5.57 Å². The number of alkyl halides is 1. The number of morpholine rings is 1. The summed E-state index contributed by atoms with van der Waals surface area (Å²) in [5.41, 5.74) is 6.05. The fraction of sp³-hybridized carbons (Fsp3) is 0.891. The number of ketones is 3. The fourth-order valence-electron chi connectivity index (χ4n) is 40.9. The number of hydrogen-bond donors (Lipinski definition) is 6. The van der Waals surface area contributed by atoms with Crippen molar-refractivity contribution in [2.45, 2.75) is 393 Å². The summed E-state index contributed by atoms with van der Waals surface area (Å²) in [6.07, 6.45) is 53.0. The van der Waals surface area contributed by atoms with Gasteiger partial charge >= 0.3 is 0 Å². The van der Waals surface area contributed by atoms with Gasteiger partial charge in [-0.2, -0.15) is 0 Å². The van der Waals surface area contributed by atoms with Crippen LogP contribution in [-0.2, 0) is 19.1 Å². The van der Waals surface area contributed by atoms with Gasteiger partial charge in [0.1, 0.15) is 17.3 Å². The summed E-state index contributed by atoms with van der Waals surface area (Å²) < 4.78 is 5.54. The van der Waals surface area contributed by atoms with E-state index in [0.717, 1.165) is 211 Å². The van der Waals surface area contributed by atoms with Gasteiger partial charge in [0, 0.05) is 68.5 Å². The molecule has 0 bridgehead atoms. The lowest BCUT2D eigenvalue weighted by atomic mass is 9.48. The number of hydrogen-bond acceptors (Lipinski definition) is 12. The molecule has 0 unspecified atom stereocenters. The number of Topliss-reactive ketones (excluding diaryl/α,β-unsaturated/α-hetero) is 3. The third kappa shape index (κ3) is 18.9. The van der Waals surface area contributed by atoms with Crippen LogP contribution >= 0.6 is 15.9 Å². The largest absolute Gasteiger partial charge is 0.392 e. The van der Waals surface area contributed by atoms with Crippen molar-refractivity contribution < 1.29 is 49.8 Å². The molecule has 0 aromatic heterocycles. The molecule has 2 aliphatic heterocycles. The lowest BCUT2D eigenvalue weighted by Crippen LogP contribution is -2.53. The number of carbonyl (C=O) groups excluding carboxylic acids is 3. The summed E-state index contributed by atoms with van der Waals surface area (Å²) in [4.78, 5) is 44.2. The molecule has 0 aromatic carbocycles. The average Bonchev–Trinajstić information content (AvgIpc) is 1.54. The summed E-state index contributed by atoms with van der Waals surface area (Å²) in [6, 6.07) is 0. The highest BCUT2D eigenvalue weighted by Crippen LogP contribution is 2.73. The molecule has 12 nitrogen and oxygen atoms in total. The quantitative estimate of drug-likeness (QED) is 0.0850. The Morgan fingerprint density at radius 2 is 0.598 bits per heavy atom.